The number of hydrogen-bond acceptors (Lipinski definition) is 5. The molecule has 0 N–H and O–H groups in total. The van der Waals surface area contributed by atoms with Crippen LogP contribution in [0.5, 0.6) is 0 Å². The van der Waals surface area contributed by atoms with Gasteiger partial charge in [-0.25, -0.2) is 4.68 Å². The van der Waals surface area contributed by atoms with E-state index in [9.17, 15) is 4.79 Å². The maximum Gasteiger partial charge on any atom is 0.296 e. The van der Waals surface area contributed by atoms with Crippen molar-refractivity contribution in [1.82, 2.24) is 24.8 Å². The van der Waals surface area contributed by atoms with Crippen molar-refractivity contribution in [3.63, 3.8) is 0 Å². The number of furan rings is 1. The van der Waals surface area contributed by atoms with Crippen molar-refractivity contribution in [3.05, 3.63) is 52.6 Å². The monoisotopic (exact) mass is 281 g/mol. The lowest BCUT2D eigenvalue weighted by Crippen LogP contribution is -2.25. The van der Waals surface area contributed by atoms with E-state index in [1.165, 1.54) is 15.6 Å². The molecule has 0 amide bonds. The van der Waals surface area contributed by atoms with E-state index in [2.05, 4.69) is 15.4 Å². The zero-order chi connectivity index (χ0) is 14.4. The average Bonchev–Trinajstić information content (AvgIpc) is 3.05. The van der Waals surface area contributed by atoms with Gasteiger partial charge in [-0.2, -0.15) is 5.10 Å². The molecule has 7 heteroatoms. The van der Waals surface area contributed by atoms with Crippen LogP contribution in [-0.4, -0.2) is 24.8 Å². The first kappa shape index (κ1) is 11.8. The Kier molecular flexibility index (Phi) is 2.41. The van der Waals surface area contributed by atoms with Gasteiger partial charge in [0.15, 0.2) is 5.52 Å². The summed E-state index contributed by atoms with van der Waals surface area (Å²) in [6.07, 6.45) is 1.52. The molecular weight excluding hydrogens is 270 g/mol. The Labute approximate surface area is 118 Å². The molecule has 0 bridgehead atoms. The molecule has 1 aromatic carbocycles. The zero-order valence-corrected chi connectivity index (χ0v) is 11.2. The van der Waals surface area contributed by atoms with Gasteiger partial charge in [0.05, 0.1) is 6.20 Å². The molecule has 0 aliphatic heterocycles. The van der Waals surface area contributed by atoms with Gasteiger partial charge in [-0.1, -0.05) is 23.4 Å². The van der Waals surface area contributed by atoms with Crippen molar-refractivity contribution in [3.8, 4) is 0 Å². The number of hydrogen-bond donors (Lipinski definition) is 0. The molecular formula is C14H11N5O2. The molecule has 4 aromatic rings. The zero-order valence-electron chi connectivity index (χ0n) is 11.2. The lowest BCUT2D eigenvalue weighted by Gasteiger charge is -2.01. The van der Waals surface area contributed by atoms with Crippen LogP contribution in [0.4, 0.5) is 0 Å². The summed E-state index contributed by atoms with van der Waals surface area (Å²) >= 11 is 0. The average molecular weight is 281 g/mol. The SMILES string of the molecule is Cn1ncc2nnn(Cc3cc4ccccc4o3)c(=O)c21. The van der Waals surface area contributed by atoms with E-state index >= 15 is 0 Å². The molecule has 0 saturated heterocycles. The quantitative estimate of drug-likeness (QED) is 0.553. The summed E-state index contributed by atoms with van der Waals surface area (Å²) in [7, 11) is 1.71. The fraction of sp³-hybridized carbons (Fsp3) is 0.143. The van der Waals surface area contributed by atoms with Gasteiger partial charge in [-0.3, -0.25) is 9.48 Å². The van der Waals surface area contributed by atoms with Crippen LogP contribution in [0.1, 0.15) is 5.76 Å². The minimum Gasteiger partial charge on any atom is -0.459 e. The Morgan fingerprint density at radius 3 is 3.00 bits per heavy atom. The van der Waals surface area contributed by atoms with E-state index in [-0.39, 0.29) is 12.1 Å². The van der Waals surface area contributed by atoms with Gasteiger partial charge in [0.1, 0.15) is 23.4 Å². The van der Waals surface area contributed by atoms with Crippen LogP contribution in [0, 0.1) is 0 Å². The Bertz CT molecular complexity index is 978. The van der Waals surface area contributed by atoms with E-state index in [1.54, 1.807) is 7.05 Å². The maximum atomic E-state index is 12.4. The van der Waals surface area contributed by atoms with Crippen molar-refractivity contribution in [1.29, 1.82) is 0 Å². The third-order valence-electron chi connectivity index (χ3n) is 3.40. The molecule has 7 nitrogen and oxygen atoms in total. The van der Waals surface area contributed by atoms with Crippen molar-refractivity contribution >= 4 is 22.0 Å². The summed E-state index contributed by atoms with van der Waals surface area (Å²) in [5.41, 5.74) is 1.47. The second-order valence-electron chi connectivity index (χ2n) is 4.80. The van der Waals surface area contributed by atoms with E-state index < -0.39 is 0 Å². The lowest BCUT2D eigenvalue weighted by molar-refractivity contribution is 0.487. The highest BCUT2D eigenvalue weighted by atomic mass is 16.3. The van der Waals surface area contributed by atoms with Crippen LogP contribution < -0.4 is 5.56 Å². The first-order chi connectivity index (χ1) is 10.2. The lowest BCUT2D eigenvalue weighted by atomic mass is 10.2. The molecule has 104 valence electrons. The molecule has 0 aliphatic carbocycles. The number of benzene rings is 1. The molecule has 21 heavy (non-hydrogen) atoms. The summed E-state index contributed by atoms with van der Waals surface area (Å²) in [6.45, 7) is 0.238. The van der Waals surface area contributed by atoms with Crippen LogP contribution in [0.15, 0.2) is 45.7 Å². The number of aryl methyl sites for hydroxylation is 1. The van der Waals surface area contributed by atoms with Crippen LogP contribution in [0.3, 0.4) is 0 Å². The topological polar surface area (TPSA) is 78.7 Å². The van der Waals surface area contributed by atoms with Crippen molar-refractivity contribution < 1.29 is 4.42 Å². The molecule has 0 spiro atoms. The summed E-state index contributed by atoms with van der Waals surface area (Å²) in [6, 6.07) is 9.59. The van der Waals surface area contributed by atoms with Gasteiger partial charge in [0, 0.05) is 12.4 Å². The molecule has 3 heterocycles. The van der Waals surface area contributed by atoms with Crippen molar-refractivity contribution in [2.24, 2.45) is 7.05 Å². The number of fused-ring (bicyclic) bond motifs is 2. The Morgan fingerprint density at radius 2 is 2.14 bits per heavy atom. The van der Waals surface area contributed by atoms with Crippen molar-refractivity contribution in [2.75, 3.05) is 0 Å². The van der Waals surface area contributed by atoms with Crippen LogP contribution >= 0.6 is 0 Å². The highest BCUT2D eigenvalue weighted by Crippen LogP contribution is 2.19. The molecule has 0 radical (unpaired) electrons. The second kappa shape index (κ2) is 4.27. The highest BCUT2D eigenvalue weighted by Gasteiger charge is 2.12. The number of nitrogens with zero attached hydrogens (tertiary/aromatic N) is 5. The van der Waals surface area contributed by atoms with Crippen LogP contribution in [-0.2, 0) is 13.6 Å². The van der Waals surface area contributed by atoms with Gasteiger partial charge in [-0.15, -0.1) is 5.10 Å². The predicted molar refractivity (Wildman–Crippen MR) is 75.9 cm³/mol. The summed E-state index contributed by atoms with van der Waals surface area (Å²) in [5, 5.41) is 12.9. The minimum absolute atomic E-state index is 0.236. The molecule has 0 saturated carbocycles. The fourth-order valence-electron chi connectivity index (χ4n) is 2.38. The third kappa shape index (κ3) is 1.82. The van der Waals surface area contributed by atoms with Gasteiger partial charge < -0.3 is 4.42 Å². The molecule has 0 aliphatic rings. The fourth-order valence-corrected chi connectivity index (χ4v) is 2.38. The Balaban J connectivity index is 1.81. The van der Waals surface area contributed by atoms with Gasteiger partial charge >= 0.3 is 0 Å². The largest absolute Gasteiger partial charge is 0.459 e. The summed E-state index contributed by atoms with van der Waals surface area (Å²) < 4.78 is 8.48. The molecule has 0 unspecified atom stereocenters. The maximum absolute atomic E-state index is 12.4. The molecule has 0 fully saturated rings. The Morgan fingerprint density at radius 1 is 1.29 bits per heavy atom. The summed E-state index contributed by atoms with van der Waals surface area (Å²) in [4.78, 5) is 12.4. The van der Waals surface area contributed by atoms with E-state index in [1.807, 2.05) is 30.3 Å². The van der Waals surface area contributed by atoms with E-state index in [0.717, 1.165) is 11.0 Å². The summed E-state index contributed by atoms with van der Waals surface area (Å²) in [5.74, 6) is 0.661. The normalized spacial score (nSPS) is 11.5. The number of rotatable bonds is 2. The van der Waals surface area contributed by atoms with Crippen molar-refractivity contribution in [2.45, 2.75) is 6.54 Å². The molecule has 3 aromatic heterocycles. The predicted octanol–water partition coefficient (Wildman–Crippen LogP) is 1.32. The van der Waals surface area contributed by atoms with Crippen LogP contribution in [0.25, 0.3) is 22.0 Å². The highest BCUT2D eigenvalue weighted by molar-refractivity contribution is 5.77. The molecule has 0 atom stereocenters. The number of aromatic nitrogens is 5. The standard InChI is InChI=1S/C14H11N5O2/c1-18-13-11(7-15-18)16-17-19(14(13)20)8-10-6-9-4-2-3-5-12(9)21-10/h2-7H,8H2,1H3. The smallest absolute Gasteiger partial charge is 0.296 e. The van der Waals surface area contributed by atoms with E-state index in [4.69, 9.17) is 4.42 Å². The van der Waals surface area contributed by atoms with Gasteiger partial charge in [0.2, 0.25) is 0 Å². The van der Waals surface area contributed by atoms with E-state index in [0.29, 0.717) is 16.8 Å². The first-order valence-electron chi connectivity index (χ1n) is 6.45. The van der Waals surface area contributed by atoms with Gasteiger partial charge in [-0.05, 0) is 12.1 Å². The van der Waals surface area contributed by atoms with Gasteiger partial charge in [0.25, 0.3) is 5.56 Å². The first-order valence-corrected chi connectivity index (χ1v) is 6.45. The second-order valence-corrected chi connectivity index (χ2v) is 4.80. The Hall–Kier alpha value is -2.96. The van der Waals surface area contributed by atoms with Crippen LogP contribution in [0.2, 0.25) is 0 Å². The number of para-hydroxylation sites is 1. The molecule has 4 rings (SSSR count). The third-order valence-corrected chi connectivity index (χ3v) is 3.40. The minimum atomic E-state index is -0.236.